The molecule has 0 atom stereocenters. The molecule has 0 aliphatic carbocycles. The Morgan fingerprint density at radius 2 is 2.29 bits per heavy atom. The van der Waals surface area contributed by atoms with E-state index >= 15 is 0 Å². The van der Waals surface area contributed by atoms with Gasteiger partial charge < -0.3 is 5.32 Å². The predicted octanol–water partition coefficient (Wildman–Crippen LogP) is 2.38. The van der Waals surface area contributed by atoms with Gasteiger partial charge in [-0.1, -0.05) is 13.8 Å². The SMILES string of the molecule is CCn1nc(C(C)C)c2c1CCCN2. The summed E-state index contributed by atoms with van der Waals surface area (Å²) in [5, 5.41) is 8.15. The lowest BCUT2D eigenvalue weighted by molar-refractivity contribution is 0.597. The van der Waals surface area contributed by atoms with Gasteiger partial charge in [0.05, 0.1) is 17.1 Å². The van der Waals surface area contributed by atoms with Gasteiger partial charge in [-0.15, -0.1) is 0 Å². The first-order valence-electron chi connectivity index (χ1n) is 5.57. The maximum atomic E-state index is 4.66. The molecule has 0 saturated carbocycles. The van der Waals surface area contributed by atoms with Crippen molar-refractivity contribution in [2.45, 2.75) is 46.1 Å². The van der Waals surface area contributed by atoms with E-state index in [0.29, 0.717) is 5.92 Å². The van der Waals surface area contributed by atoms with E-state index in [-0.39, 0.29) is 0 Å². The Labute approximate surface area is 85.5 Å². The van der Waals surface area contributed by atoms with Crippen molar-refractivity contribution in [3.8, 4) is 0 Å². The van der Waals surface area contributed by atoms with Gasteiger partial charge in [0.2, 0.25) is 0 Å². The van der Waals surface area contributed by atoms with E-state index in [9.17, 15) is 0 Å². The van der Waals surface area contributed by atoms with E-state index in [1.165, 1.54) is 29.9 Å². The van der Waals surface area contributed by atoms with Crippen LogP contribution in [0.1, 0.15) is 44.5 Å². The average molecular weight is 193 g/mol. The summed E-state index contributed by atoms with van der Waals surface area (Å²) < 4.78 is 2.15. The van der Waals surface area contributed by atoms with Crippen LogP contribution in [0.5, 0.6) is 0 Å². The van der Waals surface area contributed by atoms with E-state index in [4.69, 9.17) is 0 Å². The molecule has 2 rings (SSSR count). The van der Waals surface area contributed by atoms with Crippen molar-refractivity contribution in [1.29, 1.82) is 0 Å². The predicted molar refractivity (Wildman–Crippen MR) is 58.8 cm³/mol. The van der Waals surface area contributed by atoms with Crippen LogP contribution in [0.2, 0.25) is 0 Å². The Balaban J connectivity index is 2.46. The summed E-state index contributed by atoms with van der Waals surface area (Å²) >= 11 is 0. The summed E-state index contributed by atoms with van der Waals surface area (Å²) in [6.07, 6.45) is 2.41. The van der Waals surface area contributed by atoms with Crippen LogP contribution < -0.4 is 5.32 Å². The van der Waals surface area contributed by atoms with Gasteiger partial charge in [0.25, 0.3) is 0 Å². The molecule has 3 nitrogen and oxygen atoms in total. The van der Waals surface area contributed by atoms with E-state index in [1.54, 1.807) is 0 Å². The van der Waals surface area contributed by atoms with E-state index in [2.05, 4.69) is 35.9 Å². The van der Waals surface area contributed by atoms with Gasteiger partial charge in [-0.2, -0.15) is 5.10 Å². The number of fused-ring (bicyclic) bond motifs is 1. The van der Waals surface area contributed by atoms with E-state index < -0.39 is 0 Å². The number of hydrogen-bond donors (Lipinski definition) is 1. The summed E-state index contributed by atoms with van der Waals surface area (Å²) in [6.45, 7) is 8.66. The molecule has 0 saturated heterocycles. The largest absolute Gasteiger partial charge is 0.382 e. The van der Waals surface area contributed by atoms with Crippen LogP contribution in [0.4, 0.5) is 5.69 Å². The van der Waals surface area contributed by atoms with Crippen molar-refractivity contribution >= 4 is 5.69 Å². The Morgan fingerprint density at radius 3 is 2.93 bits per heavy atom. The van der Waals surface area contributed by atoms with Gasteiger partial charge in [-0.3, -0.25) is 4.68 Å². The molecule has 2 heterocycles. The summed E-state index contributed by atoms with van der Waals surface area (Å²) in [5.41, 5.74) is 3.96. The van der Waals surface area contributed by atoms with Crippen molar-refractivity contribution < 1.29 is 0 Å². The van der Waals surface area contributed by atoms with E-state index in [0.717, 1.165) is 13.1 Å². The molecule has 1 aromatic rings. The molecular weight excluding hydrogens is 174 g/mol. The second kappa shape index (κ2) is 3.64. The van der Waals surface area contributed by atoms with Crippen molar-refractivity contribution in [3.05, 3.63) is 11.4 Å². The molecule has 1 N–H and O–H groups in total. The fourth-order valence-corrected chi connectivity index (χ4v) is 2.10. The molecule has 78 valence electrons. The molecule has 14 heavy (non-hydrogen) atoms. The number of rotatable bonds is 2. The number of nitrogens with zero attached hydrogens (tertiary/aromatic N) is 2. The molecule has 0 amide bonds. The van der Waals surface area contributed by atoms with Gasteiger partial charge in [0.1, 0.15) is 0 Å². The van der Waals surface area contributed by atoms with Crippen LogP contribution >= 0.6 is 0 Å². The van der Waals surface area contributed by atoms with Crippen LogP contribution in [0.25, 0.3) is 0 Å². The van der Waals surface area contributed by atoms with Crippen LogP contribution in [0.3, 0.4) is 0 Å². The molecule has 1 aromatic heterocycles. The Kier molecular flexibility index (Phi) is 2.48. The maximum Gasteiger partial charge on any atom is 0.0884 e. The topological polar surface area (TPSA) is 29.9 Å². The summed E-state index contributed by atoms with van der Waals surface area (Å²) in [6, 6.07) is 0. The first kappa shape index (κ1) is 9.56. The average Bonchev–Trinajstić information content (AvgIpc) is 2.56. The van der Waals surface area contributed by atoms with Gasteiger partial charge >= 0.3 is 0 Å². The fourth-order valence-electron chi connectivity index (χ4n) is 2.10. The number of hydrogen-bond acceptors (Lipinski definition) is 2. The van der Waals surface area contributed by atoms with E-state index in [1.807, 2.05) is 0 Å². The Hall–Kier alpha value is -0.990. The number of anilines is 1. The first-order chi connectivity index (χ1) is 6.74. The quantitative estimate of drug-likeness (QED) is 0.781. The maximum absolute atomic E-state index is 4.66. The fraction of sp³-hybridized carbons (Fsp3) is 0.727. The third-order valence-electron chi connectivity index (χ3n) is 2.82. The van der Waals surface area contributed by atoms with Crippen molar-refractivity contribution in [2.75, 3.05) is 11.9 Å². The first-order valence-corrected chi connectivity index (χ1v) is 5.57. The molecule has 1 aliphatic rings. The highest BCUT2D eigenvalue weighted by Crippen LogP contribution is 2.30. The highest BCUT2D eigenvalue weighted by molar-refractivity contribution is 5.55. The van der Waals surface area contributed by atoms with Crippen molar-refractivity contribution in [1.82, 2.24) is 9.78 Å². The zero-order valence-corrected chi connectivity index (χ0v) is 9.30. The lowest BCUT2D eigenvalue weighted by Gasteiger charge is -2.16. The molecule has 0 aromatic carbocycles. The van der Waals surface area contributed by atoms with Gasteiger partial charge in [-0.25, -0.2) is 0 Å². The standard InChI is InChI=1S/C11H19N3/c1-4-14-9-6-5-7-12-11(9)10(13-14)8(2)3/h8,12H,4-7H2,1-3H3. The third kappa shape index (κ3) is 1.41. The zero-order valence-electron chi connectivity index (χ0n) is 9.30. The monoisotopic (exact) mass is 193 g/mol. The minimum absolute atomic E-state index is 0.516. The van der Waals surface area contributed by atoms with Crippen LogP contribution in [-0.4, -0.2) is 16.3 Å². The second-order valence-corrected chi connectivity index (χ2v) is 4.21. The van der Waals surface area contributed by atoms with Crippen LogP contribution in [0.15, 0.2) is 0 Å². The van der Waals surface area contributed by atoms with Gasteiger partial charge in [0, 0.05) is 13.1 Å². The van der Waals surface area contributed by atoms with Gasteiger partial charge in [0.15, 0.2) is 0 Å². The van der Waals surface area contributed by atoms with Crippen molar-refractivity contribution in [3.63, 3.8) is 0 Å². The van der Waals surface area contributed by atoms with Gasteiger partial charge in [-0.05, 0) is 25.7 Å². The number of aromatic nitrogens is 2. The lowest BCUT2D eigenvalue weighted by Crippen LogP contribution is -2.14. The minimum Gasteiger partial charge on any atom is -0.382 e. The van der Waals surface area contributed by atoms with Crippen LogP contribution in [-0.2, 0) is 13.0 Å². The number of aryl methyl sites for hydroxylation is 1. The lowest BCUT2D eigenvalue weighted by atomic mass is 10.0. The third-order valence-corrected chi connectivity index (χ3v) is 2.82. The van der Waals surface area contributed by atoms with Crippen molar-refractivity contribution in [2.24, 2.45) is 0 Å². The molecular formula is C11H19N3. The highest BCUT2D eigenvalue weighted by Gasteiger charge is 2.21. The second-order valence-electron chi connectivity index (χ2n) is 4.21. The molecule has 0 unspecified atom stereocenters. The molecule has 3 heteroatoms. The molecule has 0 bridgehead atoms. The zero-order chi connectivity index (χ0) is 10.1. The molecule has 1 aliphatic heterocycles. The Bertz CT molecular complexity index is 326. The number of nitrogens with one attached hydrogen (secondary N) is 1. The normalized spacial score (nSPS) is 15.4. The summed E-state index contributed by atoms with van der Waals surface area (Å²) in [7, 11) is 0. The summed E-state index contributed by atoms with van der Waals surface area (Å²) in [5.74, 6) is 0.516. The smallest absolute Gasteiger partial charge is 0.0884 e. The molecule has 0 fully saturated rings. The van der Waals surface area contributed by atoms with Crippen LogP contribution in [0, 0.1) is 0 Å². The Morgan fingerprint density at radius 1 is 1.50 bits per heavy atom. The molecule has 0 spiro atoms. The highest BCUT2D eigenvalue weighted by atomic mass is 15.3. The summed E-state index contributed by atoms with van der Waals surface area (Å²) in [4.78, 5) is 0. The minimum atomic E-state index is 0.516. The molecule has 0 radical (unpaired) electrons.